The Labute approximate surface area is 140 Å². The van der Waals surface area contributed by atoms with Crippen molar-refractivity contribution in [3.05, 3.63) is 16.8 Å². The molecule has 1 saturated carbocycles. The molecule has 3 N–H and O–H groups in total. The molecule has 0 aliphatic heterocycles. The molecule has 0 atom stereocenters. The zero-order valence-electron chi connectivity index (χ0n) is 12.2. The number of carboxylic acid groups (broad SMARTS) is 1. The van der Waals surface area contributed by atoms with Gasteiger partial charge in [-0.3, -0.25) is 10.1 Å². The Morgan fingerprint density at radius 3 is 2.65 bits per heavy atom. The molecular weight excluding hydrogens is 336 g/mol. The average molecular weight is 352 g/mol. The van der Waals surface area contributed by atoms with Crippen LogP contribution in [0.25, 0.3) is 10.6 Å². The highest BCUT2D eigenvalue weighted by Crippen LogP contribution is 2.28. The highest BCUT2D eigenvalue weighted by molar-refractivity contribution is 7.19. The van der Waals surface area contributed by atoms with Crippen molar-refractivity contribution in [1.82, 2.24) is 15.5 Å². The third-order valence-corrected chi connectivity index (χ3v) is 5.40. The van der Waals surface area contributed by atoms with E-state index in [1.807, 2.05) is 16.8 Å². The Bertz CT molecular complexity index is 678. The smallest absolute Gasteiger partial charge is 0.321 e. The summed E-state index contributed by atoms with van der Waals surface area (Å²) in [7, 11) is 0. The van der Waals surface area contributed by atoms with Gasteiger partial charge in [0.05, 0.1) is 5.92 Å². The van der Waals surface area contributed by atoms with E-state index in [1.165, 1.54) is 11.3 Å². The standard InChI is InChI=1S/C14H16N4O3S2/c19-12(20)8-1-3-10(4-2-8)15-13(21)16-14-18-17-11(23-14)9-5-6-22-7-9/h5-8,10H,1-4H2,(H,19,20)(H2,15,16,18,21). The zero-order chi connectivity index (χ0) is 16.2. The van der Waals surface area contributed by atoms with Crippen molar-refractivity contribution in [3.63, 3.8) is 0 Å². The molecule has 3 rings (SSSR count). The number of hydrogen-bond donors (Lipinski definition) is 3. The van der Waals surface area contributed by atoms with Crippen LogP contribution in [0.2, 0.25) is 0 Å². The van der Waals surface area contributed by atoms with Crippen molar-refractivity contribution in [2.75, 3.05) is 5.32 Å². The lowest BCUT2D eigenvalue weighted by Crippen LogP contribution is -2.40. The first kappa shape index (κ1) is 15.9. The van der Waals surface area contributed by atoms with Gasteiger partial charge in [-0.1, -0.05) is 11.3 Å². The minimum atomic E-state index is -0.747. The number of anilines is 1. The van der Waals surface area contributed by atoms with E-state index >= 15 is 0 Å². The average Bonchev–Trinajstić information content (AvgIpc) is 3.18. The molecule has 1 aliphatic rings. The normalized spacial score (nSPS) is 20.9. The third-order valence-electron chi connectivity index (χ3n) is 3.83. The van der Waals surface area contributed by atoms with Gasteiger partial charge in [0, 0.05) is 17.0 Å². The number of aromatic nitrogens is 2. The molecule has 9 heteroatoms. The van der Waals surface area contributed by atoms with Gasteiger partial charge in [-0.15, -0.1) is 10.2 Å². The molecule has 0 aromatic carbocycles. The quantitative estimate of drug-likeness (QED) is 0.784. The number of urea groups is 1. The fourth-order valence-corrected chi connectivity index (χ4v) is 4.03. The van der Waals surface area contributed by atoms with Gasteiger partial charge in [0.25, 0.3) is 0 Å². The topological polar surface area (TPSA) is 104 Å². The predicted molar refractivity (Wildman–Crippen MR) is 88.8 cm³/mol. The lowest BCUT2D eigenvalue weighted by molar-refractivity contribution is -0.142. The van der Waals surface area contributed by atoms with E-state index in [0.29, 0.717) is 30.8 Å². The van der Waals surface area contributed by atoms with Gasteiger partial charge in [0.15, 0.2) is 0 Å². The molecule has 7 nitrogen and oxygen atoms in total. The maximum atomic E-state index is 12.0. The Morgan fingerprint density at radius 2 is 2.00 bits per heavy atom. The number of nitrogens with one attached hydrogen (secondary N) is 2. The molecule has 0 radical (unpaired) electrons. The van der Waals surface area contributed by atoms with Crippen LogP contribution in [0.1, 0.15) is 25.7 Å². The van der Waals surface area contributed by atoms with Gasteiger partial charge in [-0.25, -0.2) is 4.79 Å². The summed E-state index contributed by atoms with van der Waals surface area (Å²) in [5.41, 5.74) is 0.993. The number of carbonyl (C=O) groups excluding carboxylic acids is 1. The molecular formula is C14H16N4O3S2. The monoisotopic (exact) mass is 352 g/mol. The summed E-state index contributed by atoms with van der Waals surface area (Å²) in [4.78, 5) is 22.9. The van der Waals surface area contributed by atoms with Gasteiger partial charge < -0.3 is 10.4 Å². The number of hydrogen-bond acceptors (Lipinski definition) is 6. The highest BCUT2D eigenvalue weighted by Gasteiger charge is 2.26. The summed E-state index contributed by atoms with van der Waals surface area (Å²) in [6, 6.07) is 1.64. The Kier molecular flexibility index (Phi) is 4.87. The molecule has 1 aliphatic carbocycles. The minimum Gasteiger partial charge on any atom is -0.481 e. The maximum absolute atomic E-state index is 12.0. The van der Waals surface area contributed by atoms with Crippen LogP contribution in [0.3, 0.4) is 0 Å². The third kappa shape index (κ3) is 4.05. The molecule has 2 amide bonds. The second-order valence-corrected chi connectivity index (χ2v) is 7.17. The van der Waals surface area contributed by atoms with Gasteiger partial charge in [0.2, 0.25) is 5.13 Å². The number of thiophene rings is 1. The van der Waals surface area contributed by atoms with Crippen LogP contribution >= 0.6 is 22.7 Å². The van der Waals surface area contributed by atoms with Crippen molar-refractivity contribution >= 4 is 39.8 Å². The van der Waals surface area contributed by atoms with Crippen LogP contribution in [0, 0.1) is 5.92 Å². The molecule has 2 aromatic heterocycles. The molecule has 2 aromatic rings. The zero-order valence-corrected chi connectivity index (χ0v) is 13.8. The van der Waals surface area contributed by atoms with Crippen molar-refractivity contribution in [2.24, 2.45) is 5.92 Å². The molecule has 1 fully saturated rings. The lowest BCUT2D eigenvalue weighted by atomic mass is 9.86. The second-order valence-electron chi connectivity index (χ2n) is 5.41. The molecule has 0 unspecified atom stereocenters. The lowest BCUT2D eigenvalue weighted by Gasteiger charge is -2.26. The van der Waals surface area contributed by atoms with E-state index in [1.54, 1.807) is 11.3 Å². The van der Waals surface area contributed by atoms with Gasteiger partial charge in [0.1, 0.15) is 5.01 Å². The van der Waals surface area contributed by atoms with Crippen LogP contribution in [0.15, 0.2) is 16.8 Å². The SMILES string of the molecule is O=C(Nc1nnc(-c2ccsc2)s1)NC1CCC(C(=O)O)CC1. The van der Waals surface area contributed by atoms with Crippen LogP contribution in [-0.4, -0.2) is 33.3 Å². The van der Waals surface area contributed by atoms with Crippen LogP contribution in [0.4, 0.5) is 9.93 Å². The minimum absolute atomic E-state index is 0.00913. The summed E-state index contributed by atoms with van der Waals surface area (Å²) < 4.78 is 0. The van der Waals surface area contributed by atoms with Gasteiger partial charge in [-0.05, 0) is 37.1 Å². The number of rotatable bonds is 4. The molecule has 122 valence electrons. The highest BCUT2D eigenvalue weighted by atomic mass is 32.1. The first-order chi connectivity index (χ1) is 11.1. The summed E-state index contributed by atoms with van der Waals surface area (Å²) in [6.45, 7) is 0. The largest absolute Gasteiger partial charge is 0.481 e. The van der Waals surface area contributed by atoms with Crippen molar-refractivity contribution in [3.8, 4) is 10.6 Å². The fraction of sp³-hybridized carbons (Fsp3) is 0.429. The van der Waals surface area contributed by atoms with E-state index in [4.69, 9.17) is 5.11 Å². The molecule has 0 bridgehead atoms. The van der Waals surface area contributed by atoms with Crippen LogP contribution in [-0.2, 0) is 4.79 Å². The van der Waals surface area contributed by atoms with E-state index in [2.05, 4.69) is 20.8 Å². The van der Waals surface area contributed by atoms with E-state index in [9.17, 15) is 9.59 Å². The number of carboxylic acids is 1. The van der Waals surface area contributed by atoms with Crippen LogP contribution < -0.4 is 10.6 Å². The Hall–Kier alpha value is -2.00. The van der Waals surface area contributed by atoms with E-state index in [0.717, 1.165) is 10.6 Å². The molecule has 2 heterocycles. The second kappa shape index (κ2) is 7.05. The predicted octanol–water partition coefficient (Wildman–Crippen LogP) is 3.03. The summed E-state index contributed by atoms with van der Waals surface area (Å²) in [5, 5.41) is 27.7. The number of nitrogens with zero attached hydrogens (tertiary/aromatic N) is 2. The molecule has 0 saturated heterocycles. The van der Waals surface area contributed by atoms with E-state index in [-0.39, 0.29) is 18.0 Å². The molecule has 0 spiro atoms. The first-order valence-electron chi connectivity index (χ1n) is 7.28. The Morgan fingerprint density at radius 1 is 1.22 bits per heavy atom. The fourth-order valence-electron chi connectivity index (χ4n) is 2.58. The van der Waals surface area contributed by atoms with Crippen molar-refractivity contribution in [1.29, 1.82) is 0 Å². The summed E-state index contributed by atoms with van der Waals surface area (Å²) in [6.07, 6.45) is 2.56. The van der Waals surface area contributed by atoms with Gasteiger partial charge in [-0.2, -0.15) is 11.3 Å². The molecule has 23 heavy (non-hydrogen) atoms. The van der Waals surface area contributed by atoms with Crippen LogP contribution in [0.5, 0.6) is 0 Å². The van der Waals surface area contributed by atoms with Crippen molar-refractivity contribution < 1.29 is 14.7 Å². The number of carbonyl (C=O) groups is 2. The van der Waals surface area contributed by atoms with Crippen molar-refractivity contribution in [2.45, 2.75) is 31.7 Å². The van der Waals surface area contributed by atoms with E-state index < -0.39 is 5.97 Å². The number of amides is 2. The summed E-state index contributed by atoms with van der Waals surface area (Å²) >= 11 is 2.90. The maximum Gasteiger partial charge on any atom is 0.321 e. The number of aliphatic carboxylic acids is 1. The Balaban J connectivity index is 1.49. The van der Waals surface area contributed by atoms with Gasteiger partial charge >= 0.3 is 12.0 Å². The summed E-state index contributed by atoms with van der Waals surface area (Å²) in [5.74, 6) is -1.03. The first-order valence-corrected chi connectivity index (χ1v) is 9.04.